The first-order chi connectivity index (χ1) is 27.0. The van der Waals surface area contributed by atoms with Gasteiger partial charge in [-0.15, -0.1) is 0 Å². The SMILES string of the molecule is CCCCCCCCC(CCCCCCCC)OC(=O)CCCCCCCC(=O)CCCCCCCC(=O)OCC(CCCCCCC)CCCCCCC. The Morgan fingerprint density at radius 2 is 0.655 bits per heavy atom. The van der Waals surface area contributed by atoms with E-state index >= 15 is 0 Å². The fourth-order valence-electron chi connectivity index (χ4n) is 7.85. The van der Waals surface area contributed by atoms with Crippen molar-refractivity contribution in [3.8, 4) is 0 Å². The third-order valence-electron chi connectivity index (χ3n) is 11.6. The van der Waals surface area contributed by atoms with E-state index in [0.717, 1.165) is 77.0 Å². The molecule has 55 heavy (non-hydrogen) atoms. The monoisotopic (exact) mass is 777 g/mol. The molecule has 0 aromatic carbocycles. The summed E-state index contributed by atoms with van der Waals surface area (Å²) in [7, 11) is 0. The molecule has 0 aliphatic carbocycles. The molecular weight excluding hydrogens is 681 g/mol. The van der Waals surface area contributed by atoms with Gasteiger partial charge in [0.15, 0.2) is 0 Å². The Hall–Kier alpha value is -1.39. The fourth-order valence-corrected chi connectivity index (χ4v) is 7.85. The Morgan fingerprint density at radius 3 is 1.05 bits per heavy atom. The van der Waals surface area contributed by atoms with Gasteiger partial charge in [0.05, 0.1) is 6.61 Å². The smallest absolute Gasteiger partial charge is 0.306 e. The van der Waals surface area contributed by atoms with E-state index in [4.69, 9.17) is 9.47 Å². The number of carbonyl (C=O) groups excluding carboxylic acids is 3. The van der Waals surface area contributed by atoms with E-state index in [9.17, 15) is 14.4 Å². The third kappa shape index (κ3) is 40.6. The summed E-state index contributed by atoms with van der Waals surface area (Å²) in [5.74, 6) is 0.882. The molecule has 0 aromatic heterocycles. The summed E-state index contributed by atoms with van der Waals surface area (Å²) < 4.78 is 11.8. The molecule has 0 saturated heterocycles. The van der Waals surface area contributed by atoms with Crippen LogP contribution < -0.4 is 0 Å². The number of ether oxygens (including phenoxy) is 2. The van der Waals surface area contributed by atoms with Crippen molar-refractivity contribution in [3.63, 3.8) is 0 Å². The third-order valence-corrected chi connectivity index (χ3v) is 11.6. The normalized spacial score (nSPS) is 11.5. The minimum absolute atomic E-state index is 0.00665. The zero-order chi connectivity index (χ0) is 40.3. The maximum atomic E-state index is 12.7. The van der Waals surface area contributed by atoms with Gasteiger partial charge in [0.25, 0.3) is 0 Å². The summed E-state index contributed by atoms with van der Waals surface area (Å²) in [5, 5.41) is 0. The lowest BCUT2D eigenvalue weighted by Gasteiger charge is -2.18. The van der Waals surface area contributed by atoms with Gasteiger partial charge in [0.1, 0.15) is 11.9 Å². The number of esters is 2. The summed E-state index contributed by atoms with van der Waals surface area (Å²) in [5.41, 5.74) is 0. The van der Waals surface area contributed by atoms with Crippen LogP contribution in [-0.4, -0.2) is 30.4 Å². The number of hydrogen-bond acceptors (Lipinski definition) is 5. The molecule has 0 aromatic rings. The molecule has 0 spiro atoms. The van der Waals surface area contributed by atoms with Crippen LogP contribution in [0, 0.1) is 5.92 Å². The van der Waals surface area contributed by atoms with Crippen LogP contribution in [0.5, 0.6) is 0 Å². The van der Waals surface area contributed by atoms with Crippen LogP contribution in [0.1, 0.15) is 285 Å². The van der Waals surface area contributed by atoms with Crippen molar-refractivity contribution < 1.29 is 23.9 Å². The molecule has 0 amide bonds. The molecule has 0 aliphatic heterocycles. The molecule has 0 saturated carbocycles. The van der Waals surface area contributed by atoms with Crippen LogP contribution in [0.2, 0.25) is 0 Å². The molecule has 5 heteroatoms. The number of ketones is 1. The first-order valence-corrected chi connectivity index (χ1v) is 24.8. The second-order valence-corrected chi connectivity index (χ2v) is 17.3. The molecule has 0 fully saturated rings. The minimum Gasteiger partial charge on any atom is -0.465 e. The van der Waals surface area contributed by atoms with Gasteiger partial charge in [-0.05, 0) is 70.1 Å². The second kappa shape index (κ2) is 43.7. The zero-order valence-corrected chi connectivity index (χ0v) is 37.7. The van der Waals surface area contributed by atoms with E-state index in [1.54, 1.807) is 0 Å². The van der Waals surface area contributed by atoms with Gasteiger partial charge in [-0.25, -0.2) is 0 Å². The summed E-state index contributed by atoms with van der Waals surface area (Å²) in [4.78, 5) is 37.5. The average Bonchev–Trinajstić information content (AvgIpc) is 3.18. The maximum Gasteiger partial charge on any atom is 0.306 e. The van der Waals surface area contributed by atoms with Gasteiger partial charge in [0, 0.05) is 25.7 Å². The molecular formula is C50H96O5. The number of unbranched alkanes of at least 4 members (excludes halogenated alkanes) is 26. The molecule has 326 valence electrons. The van der Waals surface area contributed by atoms with E-state index in [1.165, 1.54) is 154 Å². The Bertz CT molecular complexity index is 795. The first kappa shape index (κ1) is 53.6. The minimum atomic E-state index is -0.0247. The average molecular weight is 777 g/mol. The largest absolute Gasteiger partial charge is 0.465 e. The topological polar surface area (TPSA) is 69.7 Å². The molecule has 0 bridgehead atoms. The highest BCUT2D eigenvalue weighted by molar-refractivity contribution is 5.78. The quantitative estimate of drug-likeness (QED) is 0.0455. The van der Waals surface area contributed by atoms with Crippen LogP contribution in [0.4, 0.5) is 0 Å². The molecule has 0 radical (unpaired) electrons. The van der Waals surface area contributed by atoms with E-state index in [1.807, 2.05) is 0 Å². The van der Waals surface area contributed by atoms with Crippen molar-refractivity contribution in [1.82, 2.24) is 0 Å². The first-order valence-electron chi connectivity index (χ1n) is 24.8. The van der Waals surface area contributed by atoms with Gasteiger partial charge in [-0.3, -0.25) is 14.4 Å². The predicted octanol–water partition coefficient (Wildman–Crippen LogP) is 16.3. The summed E-state index contributed by atoms with van der Waals surface area (Å²) in [6, 6.07) is 0. The summed E-state index contributed by atoms with van der Waals surface area (Å²) in [6.07, 6.45) is 45.4. The lowest BCUT2D eigenvalue weighted by Crippen LogP contribution is -2.18. The molecule has 0 atom stereocenters. The van der Waals surface area contributed by atoms with E-state index in [-0.39, 0.29) is 18.0 Å². The van der Waals surface area contributed by atoms with E-state index < -0.39 is 0 Å². The van der Waals surface area contributed by atoms with Crippen molar-refractivity contribution in [1.29, 1.82) is 0 Å². The molecule has 0 aliphatic rings. The van der Waals surface area contributed by atoms with Gasteiger partial charge in [-0.2, -0.15) is 0 Å². The van der Waals surface area contributed by atoms with E-state index in [2.05, 4.69) is 27.7 Å². The summed E-state index contributed by atoms with van der Waals surface area (Å²) >= 11 is 0. The highest BCUT2D eigenvalue weighted by Crippen LogP contribution is 2.21. The van der Waals surface area contributed by atoms with E-state index in [0.29, 0.717) is 44.0 Å². The highest BCUT2D eigenvalue weighted by atomic mass is 16.5. The van der Waals surface area contributed by atoms with Crippen LogP contribution in [0.25, 0.3) is 0 Å². The summed E-state index contributed by atoms with van der Waals surface area (Å²) in [6.45, 7) is 9.64. The van der Waals surface area contributed by atoms with Crippen molar-refractivity contribution in [2.75, 3.05) is 6.61 Å². The Labute approximate surface area is 343 Å². The fraction of sp³-hybridized carbons (Fsp3) is 0.940. The van der Waals surface area contributed by atoms with Crippen LogP contribution in [0.15, 0.2) is 0 Å². The Kier molecular flexibility index (Phi) is 42.6. The number of Topliss-reactive ketones (excluding diaryl/α,β-unsaturated/α-hetero) is 1. The van der Waals surface area contributed by atoms with Gasteiger partial charge >= 0.3 is 11.9 Å². The standard InChI is InChI=1S/C50H96O5/c1-5-9-13-17-25-33-41-48(42-34-26-18-14-10-6-2)55-50(53)44-36-28-20-24-32-40-47(51)39-31-23-19-27-35-43-49(52)54-45-46(37-29-21-15-11-7-3)38-30-22-16-12-8-4/h46,48H,5-45H2,1-4H3. The van der Waals surface area contributed by atoms with Crippen LogP contribution >= 0.6 is 0 Å². The molecule has 0 unspecified atom stereocenters. The van der Waals surface area contributed by atoms with Crippen molar-refractivity contribution >= 4 is 17.7 Å². The number of rotatable bonds is 45. The second-order valence-electron chi connectivity index (χ2n) is 17.3. The van der Waals surface area contributed by atoms with Gasteiger partial charge in [-0.1, -0.05) is 195 Å². The van der Waals surface area contributed by atoms with Gasteiger partial charge in [0.2, 0.25) is 0 Å². The maximum absolute atomic E-state index is 12.7. The number of carbonyl (C=O) groups is 3. The highest BCUT2D eigenvalue weighted by Gasteiger charge is 2.15. The predicted molar refractivity (Wildman–Crippen MR) is 237 cm³/mol. The molecule has 0 rings (SSSR count). The molecule has 0 heterocycles. The number of hydrogen-bond donors (Lipinski definition) is 0. The van der Waals surface area contributed by atoms with Crippen molar-refractivity contribution in [2.45, 2.75) is 291 Å². The zero-order valence-electron chi connectivity index (χ0n) is 37.7. The molecule has 5 nitrogen and oxygen atoms in total. The lowest BCUT2D eigenvalue weighted by atomic mass is 9.95. The molecule has 0 N–H and O–H groups in total. The van der Waals surface area contributed by atoms with Crippen molar-refractivity contribution in [3.05, 3.63) is 0 Å². The van der Waals surface area contributed by atoms with Crippen LogP contribution in [0.3, 0.4) is 0 Å². The Balaban J connectivity index is 3.96. The Morgan fingerprint density at radius 1 is 0.345 bits per heavy atom. The lowest BCUT2D eigenvalue weighted by molar-refractivity contribution is -0.150. The van der Waals surface area contributed by atoms with Crippen molar-refractivity contribution in [2.24, 2.45) is 5.92 Å². The van der Waals surface area contributed by atoms with Gasteiger partial charge < -0.3 is 9.47 Å². The van der Waals surface area contributed by atoms with Crippen LogP contribution in [-0.2, 0) is 23.9 Å².